The van der Waals surface area contributed by atoms with E-state index in [1.54, 1.807) is 7.11 Å². The smallest absolute Gasteiger partial charge is 0.122 e. The van der Waals surface area contributed by atoms with Crippen molar-refractivity contribution in [1.82, 2.24) is 14.9 Å². The fraction of sp³-hybridized carbons (Fsp3) is 0.400. The average Bonchev–Trinajstić information content (AvgIpc) is 2.82. The van der Waals surface area contributed by atoms with Crippen LogP contribution in [0.2, 0.25) is 0 Å². The number of aryl methyl sites for hydroxylation is 2. The third-order valence-electron chi connectivity index (χ3n) is 3.42. The minimum Gasteiger partial charge on any atom is -0.496 e. The van der Waals surface area contributed by atoms with Gasteiger partial charge in [-0.3, -0.25) is 0 Å². The van der Waals surface area contributed by atoms with Crippen molar-refractivity contribution in [1.29, 1.82) is 0 Å². The zero-order chi connectivity index (χ0) is 13.8. The first-order valence-corrected chi connectivity index (χ1v) is 6.42. The van der Waals surface area contributed by atoms with Crippen molar-refractivity contribution in [3.05, 3.63) is 47.5 Å². The summed E-state index contributed by atoms with van der Waals surface area (Å²) >= 11 is 0. The molecule has 1 aromatic heterocycles. The van der Waals surface area contributed by atoms with Gasteiger partial charge in [-0.15, -0.1) is 0 Å². The molecule has 0 aliphatic heterocycles. The second-order valence-electron chi connectivity index (χ2n) is 4.79. The molecule has 0 amide bonds. The zero-order valence-electron chi connectivity index (χ0n) is 12.0. The fourth-order valence-electron chi connectivity index (χ4n) is 2.34. The molecule has 0 aliphatic rings. The summed E-state index contributed by atoms with van der Waals surface area (Å²) in [6, 6.07) is 6.50. The van der Waals surface area contributed by atoms with Gasteiger partial charge in [-0.1, -0.05) is 17.7 Å². The van der Waals surface area contributed by atoms with Crippen molar-refractivity contribution >= 4 is 0 Å². The van der Waals surface area contributed by atoms with E-state index in [2.05, 4.69) is 29.4 Å². The maximum atomic E-state index is 5.44. The van der Waals surface area contributed by atoms with Crippen LogP contribution in [-0.2, 0) is 13.5 Å². The van der Waals surface area contributed by atoms with Crippen LogP contribution in [-0.4, -0.2) is 23.7 Å². The minimum atomic E-state index is 0.225. The highest BCUT2D eigenvalue weighted by Gasteiger charge is 2.16. The van der Waals surface area contributed by atoms with Crippen molar-refractivity contribution < 1.29 is 4.74 Å². The molecule has 102 valence electrons. The molecule has 0 aliphatic carbocycles. The number of nitrogens with zero attached hydrogens (tertiary/aromatic N) is 2. The predicted molar refractivity (Wildman–Crippen MR) is 76.4 cm³/mol. The number of benzene rings is 1. The van der Waals surface area contributed by atoms with E-state index in [-0.39, 0.29) is 6.04 Å². The largest absolute Gasteiger partial charge is 0.496 e. The molecule has 0 saturated heterocycles. The lowest BCUT2D eigenvalue weighted by molar-refractivity contribution is 0.405. The van der Waals surface area contributed by atoms with Crippen molar-refractivity contribution in [2.45, 2.75) is 19.4 Å². The molecular formula is C15H21N3O. The maximum absolute atomic E-state index is 5.44. The fourth-order valence-corrected chi connectivity index (χ4v) is 2.34. The highest BCUT2D eigenvalue weighted by atomic mass is 16.5. The third-order valence-corrected chi connectivity index (χ3v) is 3.42. The van der Waals surface area contributed by atoms with Gasteiger partial charge in [-0.25, -0.2) is 4.98 Å². The van der Waals surface area contributed by atoms with Gasteiger partial charge in [0, 0.05) is 13.2 Å². The summed E-state index contributed by atoms with van der Waals surface area (Å²) < 4.78 is 7.49. The number of aromatic nitrogens is 2. The van der Waals surface area contributed by atoms with Crippen LogP contribution in [0, 0.1) is 6.92 Å². The van der Waals surface area contributed by atoms with Crippen LogP contribution >= 0.6 is 0 Å². The number of imidazole rings is 1. The summed E-state index contributed by atoms with van der Waals surface area (Å²) in [4.78, 5) is 4.18. The van der Waals surface area contributed by atoms with Gasteiger partial charge in [0.05, 0.1) is 25.2 Å². The highest BCUT2D eigenvalue weighted by molar-refractivity contribution is 5.38. The lowest BCUT2D eigenvalue weighted by atomic mass is 10.0. The Morgan fingerprint density at radius 3 is 2.79 bits per heavy atom. The Balaban J connectivity index is 2.28. The quantitative estimate of drug-likeness (QED) is 0.895. The van der Waals surface area contributed by atoms with Crippen molar-refractivity contribution in [3.8, 4) is 5.75 Å². The van der Waals surface area contributed by atoms with E-state index < -0.39 is 0 Å². The molecule has 0 radical (unpaired) electrons. The van der Waals surface area contributed by atoms with Crippen LogP contribution in [0.5, 0.6) is 5.75 Å². The Labute approximate surface area is 114 Å². The molecule has 1 atom stereocenters. The SMILES string of the molecule is CNC(Cc1cc(C)ccc1OC)c1cncn1C. The van der Waals surface area contributed by atoms with Crippen LogP contribution in [0.1, 0.15) is 22.9 Å². The molecule has 0 saturated carbocycles. The number of methoxy groups -OCH3 is 1. The highest BCUT2D eigenvalue weighted by Crippen LogP contribution is 2.25. The molecule has 0 bridgehead atoms. The Bertz CT molecular complexity index is 548. The Hall–Kier alpha value is -1.81. The monoisotopic (exact) mass is 259 g/mol. The standard InChI is InChI=1S/C15H21N3O/c1-11-5-6-15(19-4)12(7-11)8-13(16-2)14-9-17-10-18(14)3/h5-7,9-10,13,16H,8H2,1-4H3. The molecule has 2 rings (SSSR count). The minimum absolute atomic E-state index is 0.225. The third kappa shape index (κ3) is 2.96. The number of ether oxygens (including phenoxy) is 1. The van der Waals surface area contributed by atoms with Crippen LogP contribution in [0.25, 0.3) is 0 Å². The van der Waals surface area contributed by atoms with Crippen molar-refractivity contribution in [2.75, 3.05) is 14.2 Å². The topological polar surface area (TPSA) is 39.1 Å². The summed E-state index contributed by atoms with van der Waals surface area (Å²) in [6.45, 7) is 2.10. The number of likely N-dealkylation sites (N-methyl/N-ethyl adjacent to an activating group) is 1. The maximum Gasteiger partial charge on any atom is 0.122 e. The summed E-state index contributed by atoms with van der Waals surface area (Å²) in [7, 11) is 5.70. The number of hydrogen-bond donors (Lipinski definition) is 1. The van der Waals surface area contributed by atoms with E-state index >= 15 is 0 Å². The molecule has 4 nitrogen and oxygen atoms in total. The second kappa shape index (κ2) is 5.89. The molecule has 1 heterocycles. The molecule has 0 spiro atoms. The van der Waals surface area contributed by atoms with E-state index in [4.69, 9.17) is 4.74 Å². The van der Waals surface area contributed by atoms with Crippen molar-refractivity contribution in [3.63, 3.8) is 0 Å². The number of rotatable bonds is 5. The molecule has 1 unspecified atom stereocenters. The van der Waals surface area contributed by atoms with Gasteiger partial charge in [0.1, 0.15) is 5.75 Å². The average molecular weight is 259 g/mol. The van der Waals surface area contributed by atoms with E-state index in [1.165, 1.54) is 16.8 Å². The number of nitrogens with one attached hydrogen (secondary N) is 1. The molecule has 4 heteroatoms. The van der Waals surface area contributed by atoms with E-state index in [0.717, 1.165) is 12.2 Å². The van der Waals surface area contributed by atoms with Gasteiger partial charge in [-0.2, -0.15) is 0 Å². The predicted octanol–water partition coefficient (Wildman–Crippen LogP) is 2.24. The lowest BCUT2D eigenvalue weighted by Gasteiger charge is -2.18. The molecule has 19 heavy (non-hydrogen) atoms. The van der Waals surface area contributed by atoms with Crippen LogP contribution < -0.4 is 10.1 Å². The second-order valence-corrected chi connectivity index (χ2v) is 4.79. The van der Waals surface area contributed by atoms with Gasteiger partial charge in [0.15, 0.2) is 0 Å². The van der Waals surface area contributed by atoms with Gasteiger partial charge in [0.25, 0.3) is 0 Å². The van der Waals surface area contributed by atoms with Gasteiger partial charge in [-0.05, 0) is 32.0 Å². The van der Waals surface area contributed by atoms with Gasteiger partial charge >= 0.3 is 0 Å². The molecule has 0 fully saturated rings. The van der Waals surface area contributed by atoms with E-state index in [9.17, 15) is 0 Å². The summed E-state index contributed by atoms with van der Waals surface area (Å²) in [5.74, 6) is 0.938. The van der Waals surface area contributed by atoms with E-state index in [1.807, 2.05) is 37.3 Å². The summed E-state index contributed by atoms with van der Waals surface area (Å²) in [5.41, 5.74) is 3.63. The Morgan fingerprint density at radius 1 is 1.42 bits per heavy atom. The van der Waals surface area contributed by atoms with Crippen LogP contribution in [0.3, 0.4) is 0 Å². The first-order valence-electron chi connectivity index (χ1n) is 6.42. The molecule has 2 aromatic rings. The summed E-state index contributed by atoms with van der Waals surface area (Å²) in [5, 5.41) is 3.35. The zero-order valence-corrected chi connectivity index (χ0v) is 12.0. The van der Waals surface area contributed by atoms with Gasteiger partial charge < -0.3 is 14.6 Å². The molecular weight excluding hydrogens is 238 g/mol. The van der Waals surface area contributed by atoms with E-state index in [0.29, 0.717) is 0 Å². The first-order chi connectivity index (χ1) is 9.15. The summed E-state index contributed by atoms with van der Waals surface area (Å²) in [6.07, 6.45) is 4.61. The lowest BCUT2D eigenvalue weighted by Crippen LogP contribution is -2.21. The molecule has 1 N–H and O–H groups in total. The van der Waals surface area contributed by atoms with Crippen LogP contribution in [0.4, 0.5) is 0 Å². The Morgan fingerprint density at radius 2 is 2.21 bits per heavy atom. The Kier molecular flexibility index (Phi) is 4.22. The van der Waals surface area contributed by atoms with Gasteiger partial charge in [0.2, 0.25) is 0 Å². The number of hydrogen-bond acceptors (Lipinski definition) is 3. The normalized spacial score (nSPS) is 12.4. The molecule has 1 aromatic carbocycles. The van der Waals surface area contributed by atoms with Crippen molar-refractivity contribution in [2.24, 2.45) is 7.05 Å². The first kappa shape index (κ1) is 13.6. The van der Waals surface area contributed by atoms with Crippen LogP contribution in [0.15, 0.2) is 30.7 Å².